The van der Waals surface area contributed by atoms with Crippen LogP contribution in [0.4, 0.5) is 17.6 Å². The van der Waals surface area contributed by atoms with Crippen LogP contribution in [0.2, 0.25) is 0 Å². The number of fused-ring (bicyclic) bond motifs is 1. The lowest BCUT2D eigenvalue weighted by molar-refractivity contribution is -0.158. The second kappa shape index (κ2) is 11.9. The van der Waals surface area contributed by atoms with E-state index >= 15 is 0 Å². The molecule has 37 heavy (non-hydrogen) atoms. The van der Waals surface area contributed by atoms with E-state index in [1.54, 1.807) is 31.2 Å². The molecule has 206 valence electrons. The number of alkyl halides is 3. The molecule has 1 unspecified atom stereocenters. The van der Waals surface area contributed by atoms with Gasteiger partial charge in [0.15, 0.2) is 0 Å². The molecule has 1 aliphatic carbocycles. The summed E-state index contributed by atoms with van der Waals surface area (Å²) >= 11 is 0. The van der Waals surface area contributed by atoms with Crippen molar-refractivity contribution < 1.29 is 30.7 Å². The molecule has 1 heterocycles. The maximum absolute atomic E-state index is 13.7. The van der Waals surface area contributed by atoms with Crippen LogP contribution in [0.15, 0.2) is 42.5 Å². The van der Waals surface area contributed by atoms with E-state index in [4.69, 9.17) is 4.74 Å². The maximum atomic E-state index is 13.7. The van der Waals surface area contributed by atoms with Crippen molar-refractivity contribution in [3.8, 4) is 5.75 Å². The van der Waals surface area contributed by atoms with Gasteiger partial charge in [0.2, 0.25) is 10.0 Å². The van der Waals surface area contributed by atoms with Crippen LogP contribution in [0.1, 0.15) is 55.3 Å². The van der Waals surface area contributed by atoms with Gasteiger partial charge in [-0.2, -0.15) is 13.2 Å². The normalized spacial score (nSPS) is 19.4. The number of hydrogen-bond acceptors (Lipinski definition) is 4. The van der Waals surface area contributed by atoms with Crippen molar-refractivity contribution in [3.63, 3.8) is 0 Å². The van der Waals surface area contributed by atoms with Crippen LogP contribution in [0.5, 0.6) is 5.75 Å². The summed E-state index contributed by atoms with van der Waals surface area (Å²) in [6.45, 7) is 1.23. The summed E-state index contributed by atoms with van der Waals surface area (Å²) in [5.74, 6) is 0.138. The molecule has 4 rings (SSSR count). The minimum absolute atomic E-state index is 0. The third kappa shape index (κ3) is 6.96. The first-order chi connectivity index (χ1) is 17.0. The fraction of sp³-hybridized carbons (Fsp3) is 0.538. The number of rotatable bonds is 10. The van der Waals surface area contributed by atoms with Crippen molar-refractivity contribution in [1.82, 2.24) is 9.62 Å². The lowest BCUT2D eigenvalue weighted by Crippen LogP contribution is -2.53. The molecule has 1 atom stereocenters. The quantitative estimate of drug-likeness (QED) is 0.304. The number of nitrogens with one attached hydrogen (secondary N) is 1. The Hall–Kier alpha value is -1.88. The number of halogens is 5. The van der Waals surface area contributed by atoms with Gasteiger partial charge in [-0.1, -0.05) is 31.5 Å². The molecule has 0 amide bonds. The molecule has 1 fully saturated rings. The highest BCUT2D eigenvalue weighted by atomic mass is 35.5. The van der Waals surface area contributed by atoms with Crippen molar-refractivity contribution in [2.75, 3.05) is 32.0 Å². The van der Waals surface area contributed by atoms with E-state index in [0.717, 1.165) is 23.1 Å². The van der Waals surface area contributed by atoms with E-state index in [9.17, 15) is 26.0 Å². The van der Waals surface area contributed by atoms with Crippen LogP contribution < -0.4 is 9.46 Å². The number of nitrogens with zero attached hydrogens (tertiary/aromatic N) is 1. The fourth-order valence-corrected chi connectivity index (χ4v) is 6.63. The highest BCUT2D eigenvalue weighted by Crippen LogP contribution is 2.56. The Labute approximate surface area is 222 Å². The Morgan fingerprint density at radius 2 is 1.84 bits per heavy atom. The Balaban J connectivity index is 0.00000380. The molecule has 11 heteroatoms. The number of sulfonamides is 1. The van der Waals surface area contributed by atoms with Gasteiger partial charge in [0.25, 0.3) is 0 Å². The Bertz CT molecular complexity index is 1160. The van der Waals surface area contributed by atoms with Gasteiger partial charge >= 0.3 is 6.18 Å². The van der Waals surface area contributed by atoms with E-state index in [1.807, 2.05) is 6.07 Å². The predicted octanol–water partition coefficient (Wildman–Crippen LogP) is 5.54. The van der Waals surface area contributed by atoms with Gasteiger partial charge in [0, 0.05) is 24.5 Å². The maximum Gasteiger partial charge on any atom is 0.401 e. The van der Waals surface area contributed by atoms with E-state index in [0.29, 0.717) is 31.4 Å². The van der Waals surface area contributed by atoms with Crippen molar-refractivity contribution >= 4 is 22.4 Å². The summed E-state index contributed by atoms with van der Waals surface area (Å²) in [5.41, 5.74) is 2.06. The lowest BCUT2D eigenvalue weighted by atomic mass is 9.57. The van der Waals surface area contributed by atoms with Gasteiger partial charge in [0.05, 0.1) is 12.3 Å². The molecule has 1 aliphatic heterocycles. The standard InChI is InChI=1S/C26H32F4N2O3S.ClH/c1-2-16-36(33,34)31-13-15-35-22-9-4-19-10-14-32(18-26(28,29)30)24(23(19)17-22)25(11-3-12-25)20-5-7-21(27)8-6-20;/h4-9,17,24,31H,2-3,10-16,18H2,1H3;1H. The van der Waals surface area contributed by atoms with Crippen molar-refractivity contribution in [2.24, 2.45) is 0 Å². The minimum Gasteiger partial charge on any atom is -0.492 e. The molecular weight excluding hydrogens is 532 g/mol. The van der Waals surface area contributed by atoms with Gasteiger partial charge in [-0.05, 0) is 66.6 Å². The van der Waals surface area contributed by atoms with Crippen LogP contribution in [-0.2, 0) is 21.9 Å². The smallest absolute Gasteiger partial charge is 0.401 e. The zero-order valence-electron chi connectivity index (χ0n) is 20.7. The summed E-state index contributed by atoms with van der Waals surface area (Å²) < 4.78 is 86.5. The van der Waals surface area contributed by atoms with Crippen LogP contribution in [0.3, 0.4) is 0 Å². The monoisotopic (exact) mass is 564 g/mol. The summed E-state index contributed by atoms with van der Waals surface area (Å²) in [6, 6.07) is 11.1. The zero-order chi connectivity index (χ0) is 26.0. The van der Waals surface area contributed by atoms with E-state index < -0.39 is 34.2 Å². The molecule has 2 aromatic carbocycles. The molecule has 0 saturated heterocycles. The largest absolute Gasteiger partial charge is 0.492 e. The second-order valence-electron chi connectivity index (χ2n) is 9.68. The highest BCUT2D eigenvalue weighted by molar-refractivity contribution is 7.89. The number of benzene rings is 2. The molecule has 0 spiro atoms. The summed E-state index contributed by atoms with van der Waals surface area (Å²) in [5, 5.41) is 0. The van der Waals surface area contributed by atoms with Crippen LogP contribution >= 0.6 is 12.4 Å². The van der Waals surface area contributed by atoms with Crippen LogP contribution in [0.25, 0.3) is 0 Å². The molecule has 2 aliphatic rings. The van der Waals surface area contributed by atoms with Crippen LogP contribution in [-0.4, -0.2) is 51.5 Å². The lowest BCUT2D eigenvalue weighted by Gasteiger charge is -2.54. The van der Waals surface area contributed by atoms with Crippen molar-refractivity contribution in [2.45, 2.75) is 56.7 Å². The Morgan fingerprint density at radius 1 is 1.14 bits per heavy atom. The summed E-state index contributed by atoms with van der Waals surface area (Å²) in [6.07, 6.45) is -1.06. The molecular formula is C26H33ClF4N2O3S. The molecule has 0 bridgehead atoms. The van der Waals surface area contributed by atoms with Crippen LogP contribution in [0, 0.1) is 5.82 Å². The average Bonchev–Trinajstić information content (AvgIpc) is 2.77. The van der Waals surface area contributed by atoms with Gasteiger partial charge in [-0.15, -0.1) is 12.4 Å². The second-order valence-corrected chi connectivity index (χ2v) is 11.6. The van der Waals surface area contributed by atoms with Gasteiger partial charge in [-0.25, -0.2) is 17.5 Å². The van der Waals surface area contributed by atoms with Gasteiger partial charge in [0.1, 0.15) is 18.2 Å². The molecule has 5 nitrogen and oxygen atoms in total. The molecule has 1 N–H and O–H groups in total. The first-order valence-corrected chi connectivity index (χ1v) is 14.0. The predicted molar refractivity (Wildman–Crippen MR) is 137 cm³/mol. The van der Waals surface area contributed by atoms with E-state index in [-0.39, 0.29) is 43.7 Å². The zero-order valence-corrected chi connectivity index (χ0v) is 22.3. The summed E-state index contributed by atoms with van der Waals surface area (Å²) in [7, 11) is -3.35. The first kappa shape index (κ1) is 29.7. The number of hydrogen-bond donors (Lipinski definition) is 1. The SMILES string of the molecule is CCCS(=O)(=O)NCCOc1ccc2c(c1)C(C1(c3ccc(F)cc3)CCC1)N(CC(F)(F)F)CC2.Cl. The van der Waals surface area contributed by atoms with Crippen molar-refractivity contribution in [3.05, 3.63) is 65.0 Å². The molecule has 1 saturated carbocycles. The Kier molecular flexibility index (Phi) is 9.53. The average molecular weight is 565 g/mol. The minimum atomic E-state index is -4.35. The number of ether oxygens (including phenoxy) is 1. The summed E-state index contributed by atoms with van der Waals surface area (Å²) in [4.78, 5) is 1.51. The molecule has 2 aromatic rings. The molecule has 0 radical (unpaired) electrons. The topological polar surface area (TPSA) is 58.6 Å². The first-order valence-electron chi connectivity index (χ1n) is 12.3. The van der Waals surface area contributed by atoms with E-state index in [1.165, 1.54) is 17.0 Å². The third-order valence-corrected chi connectivity index (χ3v) is 8.77. The Morgan fingerprint density at radius 3 is 2.43 bits per heavy atom. The fourth-order valence-electron chi connectivity index (χ4n) is 5.55. The molecule has 0 aromatic heterocycles. The van der Waals surface area contributed by atoms with E-state index in [2.05, 4.69) is 4.72 Å². The van der Waals surface area contributed by atoms with Gasteiger partial charge in [-0.3, -0.25) is 4.90 Å². The van der Waals surface area contributed by atoms with Crippen molar-refractivity contribution in [1.29, 1.82) is 0 Å². The third-order valence-electron chi connectivity index (χ3n) is 7.18. The van der Waals surface area contributed by atoms with Gasteiger partial charge < -0.3 is 4.74 Å². The highest BCUT2D eigenvalue weighted by Gasteiger charge is 2.51.